The van der Waals surface area contributed by atoms with E-state index in [1.54, 1.807) is 37.1 Å². The molecule has 36 heavy (non-hydrogen) atoms. The Balaban J connectivity index is 1.20. The standard InChI is InChI=1S/C25H28ClN7O2S/c1-16-23(27)25(15-35-16)5-9-33(10-6-25)19-13-31-20(14-30-19)36-18-4-8-29-22(21(18)26)24(34)32-12-17-3-2-7-28-11-17/h2-4,7-8,11,13-14,16,23H,5-6,9-10,12,15,27H2,1H3,(H,32,34)/t16-,23+/m0/s1. The zero-order chi connectivity index (χ0) is 25.1. The molecule has 3 N–H and O–H groups in total. The SMILES string of the molecule is C[C@@H]1OCC2(CCN(c3cnc(Sc4ccnc(C(=O)NCc5cccnc5)c4Cl)cn3)CC2)[C@@H]1N. The van der Waals surface area contributed by atoms with E-state index in [4.69, 9.17) is 22.1 Å². The van der Waals surface area contributed by atoms with Gasteiger partial charge in [-0.05, 0) is 37.5 Å². The number of nitrogens with zero attached hydrogens (tertiary/aromatic N) is 5. The van der Waals surface area contributed by atoms with Gasteiger partial charge in [-0.25, -0.2) is 15.0 Å². The summed E-state index contributed by atoms with van der Waals surface area (Å²) in [6.07, 6.45) is 10.5. The molecule has 0 unspecified atom stereocenters. The highest BCUT2D eigenvalue weighted by Crippen LogP contribution is 2.42. The quantitative estimate of drug-likeness (QED) is 0.499. The lowest BCUT2D eigenvalue weighted by atomic mass is 9.73. The molecule has 1 amide bonds. The molecule has 2 aliphatic heterocycles. The van der Waals surface area contributed by atoms with Crippen LogP contribution in [-0.2, 0) is 11.3 Å². The summed E-state index contributed by atoms with van der Waals surface area (Å²) in [6.45, 7) is 4.88. The van der Waals surface area contributed by atoms with Crippen molar-refractivity contribution in [1.82, 2.24) is 25.3 Å². The molecule has 2 saturated heterocycles. The summed E-state index contributed by atoms with van der Waals surface area (Å²) < 4.78 is 5.82. The third-order valence-corrected chi connectivity index (χ3v) is 8.48. The number of hydrogen-bond donors (Lipinski definition) is 2. The number of piperidine rings is 1. The van der Waals surface area contributed by atoms with Crippen LogP contribution in [0.1, 0.15) is 35.8 Å². The van der Waals surface area contributed by atoms with Gasteiger partial charge in [0.1, 0.15) is 16.5 Å². The average molecular weight is 526 g/mol. The molecule has 188 valence electrons. The molecule has 5 heterocycles. The Labute approximate surface area is 219 Å². The van der Waals surface area contributed by atoms with Gasteiger partial charge in [0, 0.05) is 54.6 Å². The first kappa shape index (κ1) is 24.9. The molecular weight excluding hydrogens is 498 g/mol. The van der Waals surface area contributed by atoms with Gasteiger partial charge in [-0.15, -0.1) is 0 Å². The molecule has 0 saturated carbocycles. The molecule has 0 aromatic carbocycles. The van der Waals surface area contributed by atoms with E-state index in [2.05, 4.69) is 37.1 Å². The second-order valence-corrected chi connectivity index (χ2v) is 10.7. The van der Waals surface area contributed by atoms with Crippen LogP contribution in [0.25, 0.3) is 0 Å². The first-order chi connectivity index (χ1) is 17.4. The van der Waals surface area contributed by atoms with Crippen LogP contribution < -0.4 is 16.0 Å². The molecule has 5 rings (SSSR count). The van der Waals surface area contributed by atoms with Crippen molar-refractivity contribution in [2.75, 3.05) is 24.6 Å². The number of ether oxygens (including phenoxy) is 1. The van der Waals surface area contributed by atoms with E-state index >= 15 is 0 Å². The summed E-state index contributed by atoms with van der Waals surface area (Å²) in [5.41, 5.74) is 7.56. The van der Waals surface area contributed by atoms with Gasteiger partial charge in [-0.2, -0.15) is 0 Å². The Morgan fingerprint density at radius 1 is 1.22 bits per heavy atom. The van der Waals surface area contributed by atoms with Gasteiger partial charge in [0.05, 0.1) is 30.1 Å². The third kappa shape index (κ3) is 5.17. The Kier molecular flexibility index (Phi) is 7.38. The van der Waals surface area contributed by atoms with Crippen LogP contribution in [0.15, 0.2) is 59.1 Å². The maximum atomic E-state index is 12.7. The van der Waals surface area contributed by atoms with E-state index in [1.165, 1.54) is 11.8 Å². The van der Waals surface area contributed by atoms with E-state index in [9.17, 15) is 4.79 Å². The predicted octanol–water partition coefficient (Wildman–Crippen LogP) is 3.33. The smallest absolute Gasteiger partial charge is 0.271 e. The Morgan fingerprint density at radius 3 is 2.72 bits per heavy atom. The molecule has 1 spiro atoms. The monoisotopic (exact) mass is 525 g/mol. The molecule has 0 radical (unpaired) electrons. The van der Waals surface area contributed by atoms with Gasteiger partial charge >= 0.3 is 0 Å². The van der Waals surface area contributed by atoms with Crippen molar-refractivity contribution < 1.29 is 9.53 Å². The fourth-order valence-electron chi connectivity index (χ4n) is 4.72. The summed E-state index contributed by atoms with van der Waals surface area (Å²) in [5.74, 6) is 0.489. The van der Waals surface area contributed by atoms with Crippen LogP contribution in [0.5, 0.6) is 0 Å². The first-order valence-electron chi connectivity index (χ1n) is 11.9. The number of aromatic nitrogens is 4. The number of amides is 1. The van der Waals surface area contributed by atoms with Crippen molar-refractivity contribution in [3.8, 4) is 0 Å². The molecule has 11 heteroatoms. The minimum atomic E-state index is -0.350. The van der Waals surface area contributed by atoms with E-state index in [0.29, 0.717) is 16.5 Å². The number of pyridine rings is 2. The van der Waals surface area contributed by atoms with Crippen molar-refractivity contribution in [3.63, 3.8) is 0 Å². The molecule has 3 aromatic rings. The van der Waals surface area contributed by atoms with Crippen molar-refractivity contribution in [2.24, 2.45) is 11.1 Å². The second-order valence-electron chi connectivity index (χ2n) is 9.22. The van der Waals surface area contributed by atoms with Gasteiger partial charge in [0.25, 0.3) is 5.91 Å². The third-order valence-electron chi connectivity index (χ3n) is 7.00. The largest absolute Gasteiger partial charge is 0.376 e. The van der Waals surface area contributed by atoms with Gasteiger partial charge < -0.3 is 20.7 Å². The van der Waals surface area contributed by atoms with Gasteiger partial charge in [-0.3, -0.25) is 9.78 Å². The Bertz CT molecular complexity index is 1210. The van der Waals surface area contributed by atoms with Crippen molar-refractivity contribution in [3.05, 3.63) is 65.5 Å². The Hall–Kier alpha value is -2.79. The highest BCUT2D eigenvalue weighted by atomic mass is 35.5. The molecular formula is C25H28ClN7O2S. The van der Waals surface area contributed by atoms with Crippen molar-refractivity contribution >= 4 is 35.1 Å². The zero-order valence-corrected chi connectivity index (χ0v) is 21.5. The topological polar surface area (TPSA) is 119 Å². The molecule has 0 aliphatic carbocycles. The zero-order valence-electron chi connectivity index (χ0n) is 19.9. The lowest BCUT2D eigenvalue weighted by molar-refractivity contribution is 0.0945. The molecule has 2 aliphatic rings. The minimum absolute atomic E-state index is 0.0687. The first-order valence-corrected chi connectivity index (χ1v) is 13.1. The van der Waals surface area contributed by atoms with Crippen LogP contribution in [-0.4, -0.2) is 57.7 Å². The lowest BCUT2D eigenvalue weighted by Crippen LogP contribution is -2.50. The van der Waals surface area contributed by atoms with Crippen LogP contribution in [0, 0.1) is 5.41 Å². The normalized spacial score (nSPS) is 21.0. The maximum Gasteiger partial charge on any atom is 0.271 e. The number of nitrogens with two attached hydrogens (primary N) is 1. The summed E-state index contributed by atoms with van der Waals surface area (Å²) in [6, 6.07) is 5.55. The number of hydrogen-bond acceptors (Lipinski definition) is 9. The lowest BCUT2D eigenvalue weighted by Gasteiger charge is -2.41. The fourth-order valence-corrected chi connectivity index (χ4v) is 5.79. The van der Waals surface area contributed by atoms with E-state index in [0.717, 1.165) is 43.9 Å². The van der Waals surface area contributed by atoms with Crippen LogP contribution in [0.4, 0.5) is 5.82 Å². The van der Waals surface area contributed by atoms with Gasteiger partial charge in [-0.1, -0.05) is 29.4 Å². The van der Waals surface area contributed by atoms with E-state index in [1.807, 2.05) is 12.1 Å². The van der Waals surface area contributed by atoms with Gasteiger partial charge in [0.15, 0.2) is 0 Å². The minimum Gasteiger partial charge on any atom is -0.376 e. The van der Waals surface area contributed by atoms with Crippen LogP contribution in [0.2, 0.25) is 5.02 Å². The predicted molar refractivity (Wildman–Crippen MR) is 138 cm³/mol. The number of rotatable bonds is 6. The van der Waals surface area contributed by atoms with Crippen molar-refractivity contribution in [2.45, 2.75) is 48.4 Å². The number of carbonyl (C=O) groups is 1. The van der Waals surface area contributed by atoms with Crippen LogP contribution >= 0.6 is 23.4 Å². The number of carbonyl (C=O) groups excluding carboxylic acids is 1. The molecule has 2 fully saturated rings. The van der Waals surface area contributed by atoms with Crippen molar-refractivity contribution in [1.29, 1.82) is 0 Å². The fraction of sp³-hybridized carbons (Fsp3) is 0.400. The highest BCUT2D eigenvalue weighted by Gasteiger charge is 2.47. The summed E-state index contributed by atoms with van der Waals surface area (Å²) in [7, 11) is 0. The second kappa shape index (κ2) is 10.7. The maximum absolute atomic E-state index is 12.7. The summed E-state index contributed by atoms with van der Waals surface area (Å²) in [4.78, 5) is 33.0. The molecule has 2 atom stereocenters. The van der Waals surface area contributed by atoms with Gasteiger partial charge in [0.2, 0.25) is 0 Å². The van der Waals surface area contributed by atoms with Crippen LogP contribution in [0.3, 0.4) is 0 Å². The molecule has 9 nitrogen and oxygen atoms in total. The molecule has 0 bridgehead atoms. The Morgan fingerprint density at radius 2 is 2.06 bits per heavy atom. The highest BCUT2D eigenvalue weighted by molar-refractivity contribution is 7.99. The molecule has 3 aromatic heterocycles. The summed E-state index contributed by atoms with van der Waals surface area (Å²) in [5, 5.41) is 3.79. The number of anilines is 1. The number of nitrogens with one attached hydrogen (secondary N) is 1. The summed E-state index contributed by atoms with van der Waals surface area (Å²) >= 11 is 7.88. The van der Waals surface area contributed by atoms with E-state index < -0.39 is 0 Å². The van der Waals surface area contributed by atoms with E-state index in [-0.39, 0.29) is 34.2 Å². The average Bonchev–Trinajstić information content (AvgIpc) is 3.18. The number of halogens is 1.